The Labute approximate surface area is 117 Å². The number of nitrogens with zero attached hydrogens (tertiary/aromatic N) is 2. The topological polar surface area (TPSA) is 84.2 Å². The van der Waals surface area contributed by atoms with Crippen LogP contribution in [0.3, 0.4) is 0 Å². The van der Waals surface area contributed by atoms with E-state index in [1.54, 1.807) is 31.4 Å². The zero-order valence-corrected chi connectivity index (χ0v) is 11.6. The molecular formula is C13H13N3O3S. The zero-order chi connectivity index (χ0) is 14.6. The average molecular weight is 291 g/mol. The fraction of sp³-hybridized carbons (Fsp3) is 0.154. The maximum absolute atomic E-state index is 12.2. The molecule has 1 aromatic carbocycles. The van der Waals surface area contributed by atoms with Gasteiger partial charge in [0.2, 0.25) is 0 Å². The molecule has 2 rings (SSSR count). The first kappa shape index (κ1) is 14.1. The standard InChI is InChI=1S/C13H13N3O3S/c1-16-8-7-13(14-16)15-20(18,19)12-6-2-4-11(10-12)5-3-9-17/h2,4,6-8,10,17H,9H2,1H3,(H,14,15). The first-order valence-electron chi connectivity index (χ1n) is 5.73. The molecule has 0 fully saturated rings. The number of anilines is 1. The number of sulfonamides is 1. The van der Waals surface area contributed by atoms with Crippen molar-refractivity contribution in [3.63, 3.8) is 0 Å². The number of rotatable bonds is 3. The molecule has 0 aliphatic carbocycles. The maximum Gasteiger partial charge on any atom is 0.263 e. The van der Waals surface area contributed by atoms with E-state index in [-0.39, 0.29) is 17.3 Å². The lowest BCUT2D eigenvalue weighted by molar-refractivity contribution is 0.350. The van der Waals surface area contributed by atoms with E-state index in [2.05, 4.69) is 21.7 Å². The zero-order valence-electron chi connectivity index (χ0n) is 10.7. The Morgan fingerprint density at radius 2 is 2.20 bits per heavy atom. The average Bonchev–Trinajstić information content (AvgIpc) is 2.81. The highest BCUT2D eigenvalue weighted by molar-refractivity contribution is 7.92. The van der Waals surface area contributed by atoms with Crippen LogP contribution in [0.5, 0.6) is 0 Å². The molecule has 0 saturated carbocycles. The van der Waals surface area contributed by atoms with Gasteiger partial charge < -0.3 is 5.11 Å². The van der Waals surface area contributed by atoms with Gasteiger partial charge >= 0.3 is 0 Å². The third kappa shape index (κ3) is 3.38. The van der Waals surface area contributed by atoms with Crippen molar-refractivity contribution in [3.8, 4) is 11.8 Å². The summed E-state index contributed by atoms with van der Waals surface area (Å²) in [4.78, 5) is 0.0906. The number of hydrogen-bond acceptors (Lipinski definition) is 4. The van der Waals surface area contributed by atoms with Gasteiger partial charge in [-0.2, -0.15) is 5.10 Å². The van der Waals surface area contributed by atoms with Gasteiger partial charge in [-0.3, -0.25) is 9.40 Å². The summed E-state index contributed by atoms with van der Waals surface area (Å²) in [6.45, 7) is -0.275. The first-order valence-corrected chi connectivity index (χ1v) is 7.22. The lowest BCUT2D eigenvalue weighted by atomic mass is 10.2. The molecule has 0 saturated heterocycles. The van der Waals surface area contributed by atoms with Gasteiger partial charge in [0.1, 0.15) is 6.61 Å². The van der Waals surface area contributed by atoms with Gasteiger partial charge in [0.15, 0.2) is 5.82 Å². The molecule has 1 heterocycles. The molecule has 0 atom stereocenters. The first-order chi connectivity index (χ1) is 9.51. The van der Waals surface area contributed by atoms with Crippen LogP contribution >= 0.6 is 0 Å². The minimum Gasteiger partial charge on any atom is -0.384 e. The van der Waals surface area contributed by atoms with Crippen LogP contribution in [0.4, 0.5) is 5.82 Å². The quantitative estimate of drug-likeness (QED) is 0.810. The fourth-order valence-corrected chi connectivity index (χ4v) is 2.59. The van der Waals surface area contributed by atoms with Gasteiger partial charge in [-0.15, -0.1) is 0 Å². The van der Waals surface area contributed by atoms with Crippen molar-refractivity contribution in [2.24, 2.45) is 7.05 Å². The predicted octanol–water partition coefficient (Wildman–Crippen LogP) is 0.565. The Balaban J connectivity index is 2.29. The predicted molar refractivity (Wildman–Crippen MR) is 74.4 cm³/mol. The molecule has 6 nitrogen and oxygen atoms in total. The smallest absolute Gasteiger partial charge is 0.263 e. The van der Waals surface area contributed by atoms with Crippen LogP contribution < -0.4 is 4.72 Å². The summed E-state index contributed by atoms with van der Waals surface area (Å²) in [6, 6.07) is 7.73. The monoisotopic (exact) mass is 291 g/mol. The molecule has 0 amide bonds. The molecule has 7 heteroatoms. The van der Waals surface area contributed by atoms with Crippen LogP contribution in [0, 0.1) is 11.8 Å². The number of aromatic nitrogens is 2. The second-order valence-corrected chi connectivity index (χ2v) is 5.65. The SMILES string of the molecule is Cn1ccc(NS(=O)(=O)c2cccc(C#CCO)c2)n1. The Bertz CT molecular complexity index is 769. The molecule has 20 heavy (non-hydrogen) atoms. The summed E-state index contributed by atoms with van der Waals surface area (Å²) in [5.74, 6) is 5.38. The molecule has 0 aliphatic rings. The highest BCUT2D eigenvalue weighted by Crippen LogP contribution is 2.15. The molecule has 0 aliphatic heterocycles. The fourth-order valence-electron chi connectivity index (χ4n) is 1.55. The molecule has 0 spiro atoms. The van der Waals surface area contributed by atoms with E-state index in [4.69, 9.17) is 5.11 Å². The summed E-state index contributed by atoms with van der Waals surface area (Å²) < 4.78 is 28.2. The Kier molecular flexibility index (Phi) is 4.08. The summed E-state index contributed by atoms with van der Waals surface area (Å²) in [7, 11) is -2.01. The number of aliphatic hydroxyl groups is 1. The van der Waals surface area contributed by atoms with Gasteiger partial charge in [-0.05, 0) is 18.2 Å². The normalized spacial score (nSPS) is 10.7. The van der Waals surface area contributed by atoms with Gasteiger partial charge in [-0.25, -0.2) is 8.42 Å². The number of aryl methyl sites for hydroxylation is 1. The highest BCUT2D eigenvalue weighted by Gasteiger charge is 2.15. The molecule has 104 valence electrons. The number of hydrogen-bond donors (Lipinski definition) is 2. The minimum atomic E-state index is -3.70. The van der Waals surface area contributed by atoms with E-state index >= 15 is 0 Å². The van der Waals surface area contributed by atoms with Crippen LogP contribution in [-0.4, -0.2) is 29.9 Å². The largest absolute Gasteiger partial charge is 0.384 e. The van der Waals surface area contributed by atoms with E-state index in [0.29, 0.717) is 5.56 Å². The number of aliphatic hydroxyl groups excluding tert-OH is 1. The molecule has 0 unspecified atom stereocenters. The van der Waals surface area contributed by atoms with E-state index in [9.17, 15) is 8.42 Å². The Morgan fingerprint density at radius 1 is 1.40 bits per heavy atom. The van der Waals surface area contributed by atoms with Crippen molar-refractivity contribution < 1.29 is 13.5 Å². The molecule has 0 radical (unpaired) electrons. The van der Waals surface area contributed by atoms with Gasteiger partial charge in [-0.1, -0.05) is 17.9 Å². The van der Waals surface area contributed by atoms with Crippen LogP contribution in [0.1, 0.15) is 5.56 Å². The number of nitrogens with one attached hydrogen (secondary N) is 1. The highest BCUT2D eigenvalue weighted by atomic mass is 32.2. The van der Waals surface area contributed by atoms with Crippen LogP contribution in [0.15, 0.2) is 41.4 Å². The van der Waals surface area contributed by atoms with E-state index in [1.807, 2.05) is 0 Å². The van der Waals surface area contributed by atoms with Crippen LogP contribution in [-0.2, 0) is 17.1 Å². The van der Waals surface area contributed by atoms with Gasteiger partial charge in [0.25, 0.3) is 10.0 Å². The minimum absolute atomic E-state index is 0.0906. The van der Waals surface area contributed by atoms with Crippen molar-refractivity contribution in [2.45, 2.75) is 4.90 Å². The summed E-state index contributed by atoms with van der Waals surface area (Å²) in [6.07, 6.45) is 1.64. The Morgan fingerprint density at radius 3 is 2.85 bits per heavy atom. The molecule has 2 aromatic rings. The van der Waals surface area contributed by atoms with Crippen molar-refractivity contribution >= 4 is 15.8 Å². The summed E-state index contributed by atoms with van der Waals surface area (Å²) in [5.41, 5.74) is 0.517. The molecular weight excluding hydrogens is 278 g/mol. The van der Waals surface area contributed by atoms with Crippen molar-refractivity contribution in [3.05, 3.63) is 42.1 Å². The van der Waals surface area contributed by atoms with Crippen molar-refractivity contribution in [2.75, 3.05) is 11.3 Å². The Hall–Kier alpha value is -2.30. The van der Waals surface area contributed by atoms with E-state index in [1.165, 1.54) is 16.8 Å². The van der Waals surface area contributed by atoms with Crippen LogP contribution in [0.25, 0.3) is 0 Å². The van der Waals surface area contributed by atoms with Gasteiger partial charge in [0.05, 0.1) is 4.90 Å². The molecule has 2 N–H and O–H groups in total. The summed E-state index contributed by atoms with van der Waals surface area (Å²) in [5, 5.41) is 12.6. The van der Waals surface area contributed by atoms with E-state index < -0.39 is 10.0 Å². The second-order valence-electron chi connectivity index (χ2n) is 3.97. The lowest BCUT2D eigenvalue weighted by Crippen LogP contribution is -2.13. The molecule has 0 bridgehead atoms. The molecule has 1 aromatic heterocycles. The third-order valence-electron chi connectivity index (χ3n) is 2.41. The second kappa shape index (κ2) is 5.77. The maximum atomic E-state index is 12.2. The van der Waals surface area contributed by atoms with Crippen molar-refractivity contribution in [1.82, 2.24) is 9.78 Å². The van der Waals surface area contributed by atoms with Gasteiger partial charge in [0, 0.05) is 24.9 Å². The van der Waals surface area contributed by atoms with Crippen LogP contribution in [0.2, 0.25) is 0 Å². The lowest BCUT2D eigenvalue weighted by Gasteiger charge is -2.05. The third-order valence-corrected chi connectivity index (χ3v) is 3.76. The number of benzene rings is 1. The van der Waals surface area contributed by atoms with E-state index in [0.717, 1.165) is 0 Å². The summed E-state index contributed by atoms with van der Waals surface area (Å²) >= 11 is 0. The van der Waals surface area contributed by atoms with Crippen molar-refractivity contribution in [1.29, 1.82) is 0 Å².